The smallest absolute Gasteiger partial charge is 0.475 e. The van der Waals surface area contributed by atoms with Gasteiger partial charge in [0.2, 0.25) is 10.0 Å². The summed E-state index contributed by atoms with van der Waals surface area (Å²) in [7, 11) is -3.49. The highest BCUT2D eigenvalue weighted by Gasteiger charge is 2.38. The third kappa shape index (κ3) is 9.07. The number of sulfonamides is 1. The predicted octanol–water partition coefficient (Wildman–Crippen LogP) is 4.70. The molecule has 7 nitrogen and oxygen atoms in total. The summed E-state index contributed by atoms with van der Waals surface area (Å²) in [4.78, 5) is 11.6. The molecular formula is C27H36F3N3O4S. The van der Waals surface area contributed by atoms with Gasteiger partial charge in [0.15, 0.2) is 0 Å². The Morgan fingerprint density at radius 1 is 1.03 bits per heavy atom. The van der Waals surface area contributed by atoms with E-state index in [0.717, 1.165) is 42.9 Å². The van der Waals surface area contributed by atoms with Crippen molar-refractivity contribution in [3.05, 3.63) is 53.6 Å². The van der Waals surface area contributed by atoms with Crippen molar-refractivity contribution in [3.8, 4) is 11.1 Å². The Balaban J connectivity index is 0.000000505. The van der Waals surface area contributed by atoms with Crippen molar-refractivity contribution in [2.75, 3.05) is 26.2 Å². The second-order valence-electron chi connectivity index (χ2n) is 9.79. The van der Waals surface area contributed by atoms with Crippen LogP contribution in [0.2, 0.25) is 0 Å². The minimum Gasteiger partial charge on any atom is -0.475 e. The van der Waals surface area contributed by atoms with E-state index < -0.39 is 22.2 Å². The Morgan fingerprint density at radius 2 is 1.66 bits per heavy atom. The number of benzene rings is 2. The molecule has 4 rings (SSSR count). The Bertz CT molecular complexity index is 1180. The van der Waals surface area contributed by atoms with Crippen molar-refractivity contribution < 1.29 is 31.5 Å². The summed E-state index contributed by atoms with van der Waals surface area (Å²) < 4.78 is 60.1. The number of nitrogens with zero attached hydrogens (tertiary/aromatic N) is 1. The van der Waals surface area contributed by atoms with Crippen LogP contribution in [0.1, 0.15) is 49.7 Å². The van der Waals surface area contributed by atoms with Crippen LogP contribution in [0.4, 0.5) is 13.2 Å². The van der Waals surface area contributed by atoms with Gasteiger partial charge in [-0.15, -0.1) is 0 Å². The standard InChI is InChI=1S/C25H35N3O2S.C2HF3O2/c1-20-17-23(22-8-6-7-21(18-22)19-26-24-9-2-3-10-24)11-12-25(20)31(29,30)27-13-16-28-14-4-5-15-28;3-2(4,5)1(6)7/h6-8,11-12,17-18,24,26-27H,2-5,9-10,13-16,19H2,1H3;(H,6,7). The van der Waals surface area contributed by atoms with Crippen LogP contribution in [0.15, 0.2) is 47.4 Å². The van der Waals surface area contributed by atoms with Gasteiger partial charge in [0.1, 0.15) is 0 Å². The summed E-state index contributed by atoms with van der Waals surface area (Å²) in [5.41, 5.74) is 4.22. The quantitative estimate of drug-likeness (QED) is 0.415. The summed E-state index contributed by atoms with van der Waals surface area (Å²) in [6, 6.07) is 14.8. The van der Waals surface area contributed by atoms with Crippen LogP contribution in [0, 0.1) is 6.92 Å². The molecule has 0 spiro atoms. The molecule has 2 aliphatic rings. The average Bonchev–Trinajstić information content (AvgIpc) is 3.57. The van der Waals surface area contributed by atoms with Gasteiger partial charge in [-0.05, 0) is 80.1 Å². The van der Waals surface area contributed by atoms with E-state index in [-0.39, 0.29) is 0 Å². The number of alkyl halides is 3. The van der Waals surface area contributed by atoms with Crippen LogP contribution in [0.3, 0.4) is 0 Å². The van der Waals surface area contributed by atoms with Crippen LogP contribution in [0.25, 0.3) is 11.1 Å². The number of aliphatic carboxylic acids is 1. The molecular weight excluding hydrogens is 519 g/mol. The minimum atomic E-state index is -5.08. The summed E-state index contributed by atoms with van der Waals surface area (Å²) in [5.74, 6) is -2.76. The van der Waals surface area contributed by atoms with Crippen LogP contribution < -0.4 is 10.0 Å². The lowest BCUT2D eigenvalue weighted by molar-refractivity contribution is -0.192. The number of nitrogens with one attached hydrogen (secondary N) is 2. The Kier molecular flexibility index (Phi) is 10.7. The lowest BCUT2D eigenvalue weighted by Crippen LogP contribution is -2.33. The fourth-order valence-electron chi connectivity index (χ4n) is 4.81. The van der Waals surface area contributed by atoms with E-state index in [4.69, 9.17) is 9.90 Å². The number of rotatable bonds is 9. The average molecular weight is 556 g/mol. The number of carboxylic acid groups (broad SMARTS) is 1. The zero-order chi connectivity index (χ0) is 27.8. The lowest BCUT2D eigenvalue weighted by Gasteiger charge is -2.16. The summed E-state index contributed by atoms with van der Waals surface area (Å²) in [6.07, 6.45) is 2.57. The molecule has 2 fully saturated rings. The first-order valence-corrected chi connectivity index (χ1v) is 14.4. The molecule has 0 bridgehead atoms. The fraction of sp³-hybridized carbons (Fsp3) is 0.519. The predicted molar refractivity (Wildman–Crippen MR) is 140 cm³/mol. The van der Waals surface area contributed by atoms with Crippen molar-refractivity contribution >= 4 is 16.0 Å². The summed E-state index contributed by atoms with van der Waals surface area (Å²) >= 11 is 0. The first-order chi connectivity index (χ1) is 18.0. The minimum absolute atomic E-state index is 0.372. The molecule has 1 saturated heterocycles. The van der Waals surface area contributed by atoms with Crippen LogP contribution in [-0.2, 0) is 21.4 Å². The second-order valence-corrected chi connectivity index (χ2v) is 11.5. The molecule has 0 aromatic heterocycles. The molecule has 11 heteroatoms. The fourth-order valence-corrected chi connectivity index (χ4v) is 6.05. The zero-order valence-electron chi connectivity index (χ0n) is 21.6. The van der Waals surface area contributed by atoms with Crippen molar-refractivity contribution in [1.82, 2.24) is 14.9 Å². The van der Waals surface area contributed by atoms with Gasteiger partial charge < -0.3 is 15.3 Å². The summed E-state index contributed by atoms with van der Waals surface area (Å²) in [5, 5.41) is 10.8. The molecule has 210 valence electrons. The molecule has 0 radical (unpaired) electrons. The van der Waals surface area contributed by atoms with Gasteiger partial charge in [0, 0.05) is 25.7 Å². The highest BCUT2D eigenvalue weighted by atomic mass is 32.2. The van der Waals surface area contributed by atoms with Gasteiger partial charge in [-0.3, -0.25) is 0 Å². The molecule has 1 saturated carbocycles. The van der Waals surface area contributed by atoms with Crippen molar-refractivity contribution in [3.63, 3.8) is 0 Å². The van der Waals surface area contributed by atoms with Crippen LogP contribution in [-0.4, -0.2) is 62.8 Å². The molecule has 0 amide bonds. The molecule has 0 unspecified atom stereocenters. The maximum Gasteiger partial charge on any atom is 0.490 e. The third-order valence-electron chi connectivity index (χ3n) is 6.84. The summed E-state index contributed by atoms with van der Waals surface area (Å²) in [6.45, 7) is 6.14. The monoisotopic (exact) mass is 555 g/mol. The molecule has 0 atom stereocenters. The van der Waals surface area contributed by atoms with E-state index in [2.05, 4.69) is 39.2 Å². The molecule has 3 N–H and O–H groups in total. The van der Waals surface area contributed by atoms with Crippen molar-refractivity contribution in [2.24, 2.45) is 0 Å². The van der Waals surface area contributed by atoms with Crippen LogP contribution >= 0.6 is 0 Å². The van der Waals surface area contributed by atoms with Crippen molar-refractivity contribution in [1.29, 1.82) is 0 Å². The van der Waals surface area contributed by atoms with E-state index in [1.807, 2.05) is 19.1 Å². The molecule has 2 aromatic carbocycles. The number of carbonyl (C=O) groups is 1. The normalized spacial score (nSPS) is 16.8. The SMILES string of the molecule is Cc1cc(-c2cccc(CNC3CCCC3)c2)ccc1S(=O)(=O)NCCN1CCCC1.O=C(O)C(F)(F)F. The number of hydrogen-bond donors (Lipinski definition) is 3. The Labute approximate surface area is 222 Å². The van der Waals surface area contributed by atoms with Gasteiger partial charge in [-0.25, -0.2) is 17.9 Å². The number of carboxylic acids is 1. The first-order valence-electron chi connectivity index (χ1n) is 12.9. The van der Waals surface area contributed by atoms with E-state index in [0.29, 0.717) is 17.5 Å². The maximum atomic E-state index is 12.8. The van der Waals surface area contributed by atoms with Gasteiger partial charge in [0.25, 0.3) is 0 Å². The van der Waals surface area contributed by atoms with Crippen molar-refractivity contribution in [2.45, 2.75) is 69.1 Å². The third-order valence-corrected chi connectivity index (χ3v) is 8.46. The largest absolute Gasteiger partial charge is 0.490 e. The number of aryl methyl sites for hydroxylation is 1. The Morgan fingerprint density at radius 3 is 2.26 bits per heavy atom. The van der Waals surface area contributed by atoms with Gasteiger partial charge in [-0.1, -0.05) is 43.2 Å². The van der Waals surface area contributed by atoms with Gasteiger partial charge in [0.05, 0.1) is 4.90 Å². The van der Waals surface area contributed by atoms with Gasteiger partial charge >= 0.3 is 12.1 Å². The number of halogens is 3. The van der Waals surface area contributed by atoms with Gasteiger partial charge in [-0.2, -0.15) is 13.2 Å². The first kappa shape index (κ1) is 30.1. The van der Waals surface area contributed by atoms with E-state index in [1.165, 1.54) is 44.1 Å². The van der Waals surface area contributed by atoms with Crippen LogP contribution in [0.5, 0.6) is 0 Å². The molecule has 1 heterocycles. The van der Waals surface area contributed by atoms with E-state index in [9.17, 15) is 21.6 Å². The molecule has 38 heavy (non-hydrogen) atoms. The van der Waals surface area contributed by atoms with E-state index >= 15 is 0 Å². The lowest BCUT2D eigenvalue weighted by atomic mass is 10.0. The second kappa shape index (κ2) is 13.5. The molecule has 2 aromatic rings. The topological polar surface area (TPSA) is 98.7 Å². The van der Waals surface area contributed by atoms with E-state index in [1.54, 1.807) is 6.07 Å². The maximum absolute atomic E-state index is 12.8. The molecule has 1 aliphatic carbocycles. The number of hydrogen-bond acceptors (Lipinski definition) is 5. The Hall–Kier alpha value is -2.47. The number of likely N-dealkylation sites (tertiary alicyclic amines) is 1. The molecule has 1 aliphatic heterocycles. The highest BCUT2D eigenvalue weighted by Crippen LogP contribution is 2.26. The zero-order valence-corrected chi connectivity index (χ0v) is 22.4. The highest BCUT2D eigenvalue weighted by molar-refractivity contribution is 7.89.